The molecule has 6 bridgehead atoms. The molecule has 2 aliphatic heterocycles. The molecule has 0 saturated heterocycles. The first-order valence-corrected chi connectivity index (χ1v) is 18.2. The summed E-state index contributed by atoms with van der Waals surface area (Å²) in [5.74, 6) is 4.49. The summed E-state index contributed by atoms with van der Waals surface area (Å²) in [6.07, 6.45) is 10.7. The number of aryl methyl sites for hydroxylation is 2. The quantitative estimate of drug-likeness (QED) is 0.0829. The van der Waals surface area contributed by atoms with E-state index in [1.807, 2.05) is 42.5 Å². The molecule has 4 N–H and O–H groups in total. The molecule has 8 nitrogen and oxygen atoms in total. The van der Waals surface area contributed by atoms with E-state index in [-0.39, 0.29) is 49.8 Å². The number of benzene rings is 4. The first-order valence-electron chi connectivity index (χ1n) is 18.2. The van der Waals surface area contributed by atoms with Gasteiger partial charge in [0.1, 0.15) is 30.4 Å². The molecule has 2 aliphatic rings. The van der Waals surface area contributed by atoms with Crippen LogP contribution in [0.25, 0.3) is 10.8 Å². The lowest BCUT2D eigenvalue weighted by Crippen LogP contribution is -2.16. The molecule has 0 amide bonds. The van der Waals surface area contributed by atoms with Gasteiger partial charge in [0, 0.05) is 37.1 Å². The zero-order valence-electron chi connectivity index (χ0n) is 29.9. The van der Waals surface area contributed by atoms with Crippen molar-refractivity contribution in [3.8, 4) is 29.3 Å². The Bertz CT molecular complexity index is 1820. The summed E-state index contributed by atoms with van der Waals surface area (Å²) in [7, 11) is 1.60. The number of aromatic hydroxyl groups is 1. The van der Waals surface area contributed by atoms with Gasteiger partial charge in [-0.15, -0.1) is 0 Å². The zero-order valence-corrected chi connectivity index (χ0v) is 29.9. The number of rotatable bonds is 13. The molecule has 4 aromatic rings. The largest absolute Gasteiger partial charge is 0.508 e. The van der Waals surface area contributed by atoms with Gasteiger partial charge in [-0.3, -0.25) is 4.79 Å². The van der Waals surface area contributed by atoms with Crippen molar-refractivity contribution in [3.05, 3.63) is 94.5 Å². The number of methoxy groups -OCH3 is 1. The molecular weight excluding hydrogens is 642 g/mol. The fourth-order valence-corrected chi connectivity index (χ4v) is 6.55. The third kappa shape index (κ3) is 11.1. The first-order chi connectivity index (χ1) is 24.8. The number of phenols is 1. The van der Waals surface area contributed by atoms with Crippen LogP contribution < -0.4 is 14.8 Å². The standard InChI is InChI=1S/C43H51NO7/c1-30(46)27-44-36-12-8-11-31(22-36)10-6-4-3-5-7-13-38-26-37(47)18-15-32-16-20-42(49-2)43(23-32)51-29-35-24-33-17-19-41(48)39(14-9-21-50-38)40(33)25-34(35)28-45/h8,11-12,16-17,19-20,22-25,30,38,44-46,48H,3-7,10,13-15,18,26-29H2,1-2H3. The highest BCUT2D eigenvalue weighted by atomic mass is 16.5. The lowest BCUT2D eigenvalue weighted by Gasteiger charge is -2.16. The van der Waals surface area contributed by atoms with Gasteiger partial charge in [-0.2, -0.15) is 0 Å². The van der Waals surface area contributed by atoms with Gasteiger partial charge in [-0.1, -0.05) is 49.4 Å². The van der Waals surface area contributed by atoms with Crippen LogP contribution in [0.5, 0.6) is 17.2 Å². The molecule has 6 rings (SSSR count). The maximum absolute atomic E-state index is 13.2. The van der Waals surface area contributed by atoms with E-state index >= 15 is 0 Å². The summed E-state index contributed by atoms with van der Waals surface area (Å²) >= 11 is 0. The van der Waals surface area contributed by atoms with Crippen LogP contribution in [0.2, 0.25) is 0 Å². The molecule has 0 fully saturated rings. The monoisotopic (exact) mass is 693 g/mol. The highest BCUT2D eigenvalue weighted by molar-refractivity contribution is 5.89. The van der Waals surface area contributed by atoms with Crippen molar-refractivity contribution >= 4 is 22.2 Å². The number of ether oxygens (including phenoxy) is 3. The van der Waals surface area contributed by atoms with Crippen LogP contribution in [0, 0.1) is 12.0 Å². The minimum absolute atomic E-state index is 0.121. The number of hydrogen-bond acceptors (Lipinski definition) is 8. The number of Topliss-reactive ketones (excluding diaryl/α,β-unsaturated/α-hetero) is 1. The Labute approximate surface area is 301 Å². The maximum Gasteiger partial charge on any atom is 0.161 e. The summed E-state index contributed by atoms with van der Waals surface area (Å²) in [4.78, 5) is 13.2. The van der Waals surface area contributed by atoms with E-state index in [0.29, 0.717) is 42.0 Å². The van der Waals surface area contributed by atoms with Gasteiger partial charge >= 0.3 is 0 Å². The number of aliphatic hydroxyl groups is 2. The van der Waals surface area contributed by atoms with E-state index in [0.717, 1.165) is 72.5 Å². The average molecular weight is 694 g/mol. The van der Waals surface area contributed by atoms with Crippen LogP contribution in [-0.2, 0) is 42.0 Å². The SMILES string of the molecule is COc1ccc2cc1OCc1cc3ccc(O)c(c3cc1CO)CC#COC(CCCCCCCc1cccc(NCC(C)O)c1)CC(=O)CC2. The van der Waals surface area contributed by atoms with Crippen LogP contribution in [0.1, 0.15) is 86.1 Å². The maximum atomic E-state index is 13.2. The van der Waals surface area contributed by atoms with Crippen molar-refractivity contribution < 1.29 is 34.3 Å². The van der Waals surface area contributed by atoms with Gasteiger partial charge in [-0.25, -0.2) is 0 Å². The first kappa shape index (κ1) is 37.5. The van der Waals surface area contributed by atoms with E-state index in [2.05, 4.69) is 35.5 Å². The number of nitrogens with one attached hydrogen (secondary N) is 1. The predicted octanol–water partition coefficient (Wildman–Crippen LogP) is 7.80. The topological polar surface area (TPSA) is 117 Å². The third-order valence-electron chi connectivity index (χ3n) is 9.44. The summed E-state index contributed by atoms with van der Waals surface area (Å²) in [6, 6.07) is 21.5. The zero-order chi connectivity index (χ0) is 36.0. The number of anilines is 1. The third-order valence-corrected chi connectivity index (χ3v) is 9.44. The van der Waals surface area contributed by atoms with Gasteiger partial charge in [-0.05, 0) is 115 Å². The van der Waals surface area contributed by atoms with Crippen LogP contribution in [0.3, 0.4) is 0 Å². The molecule has 270 valence electrons. The minimum Gasteiger partial charge on any atom is -0.508 e. The summed E-state index contributed by atoms with van der Waals surface area (Å²) in [5, 5.41) is 35.5. The number of hydrogen-bond donors (Lipinski definition) is 4. The van der Waals surface area contributed by atoms with Crippen molar-refractivity contribution in [2.24, 2.45) is 0 Å². The molecular formula is C43H51NO7. The number of unbranched alkanes of at least 4 members (excludes halogenated alkanes) is 4. The Hall–Kier alpha value is -4.71. The second-order valence-electron chi connectivity index (χ2n) is 13.5. The van der Waals surface area contributed by atoms with Crippen molar-refractivity contribution in [2.45, 2.75) is 103 Å². The van der Waals surface area contributed by atoms with Gasteiger partial charge in [0.2, 0.25) is 0 Å². The van der Waals surface area contributed by atoms with Crippen LogP contribution in [0.15, 0.2) is 66.7 Å². The van der Waals surface area contributed by atoms with Crippen molar-refractivity contribution in [3.63, 3.8) is 0 Å². The molecule has 0 radical (unpaired) electrons. The van der Waals surface area contributed by atoms with Crippen LogP contribution in [0.4, 0.5) is 5.69 Å². The number of aliphatic hydroxyl groups excluding tert-OH is 2. The normalized spacial score (nSPS) is 15.5. The summed E-state index contributed by atoms with van der Waals surface area (Å²) in [6.45, 7) is 2.34. The fourth-order valence-electron chi connectivity index (χ4n) is 6.55. The van der Waals surface area contributed by atoms with Crippen molar-refractivity contribution in [2.75, 3.05) is 19.0 Å². The second-order valence-corrected chi connectivity index (χ2v) is 13.5. The molecule has 0 saturated carbocycles. The molecule has 0 aromatic heterocycles. The van der Waals surface area contributed by atoms with E-state index in [1.54, 1.807) is 20.1 Å². The van der Waals surface area contributed by atoms with Crippen molar-refractivity contribution in [1.82, 2.24) is 0 Å². The minimum atomic E-state index is -0.388. The molecule has 8 heteroatoms. The van der Waals surface area contributed by atoms with Crippen LogP contribution in [-0.4, -0.2) is 47.0 Å². The van der Waals surface area contributed by atoms with E-state index in [9.17, 15) is 20.1 Å². The second kappa shape index (κ2) is 19.1. The number of phenolic OH excluding ortho intramolecular Hbond substituents is 1. The molecule has 4 aromatic carbocycles. The Kier molecular flexibility index (Phi) is 14.0. The molecule has 0 spiro atoms. The Balaban J connectivity index is 1.24. The highest BCUT2D eigenvalue weighted by Crippen LogP contribution is 2.33. The van der Waals surface area contributed by atoms with E-state index < -0.39 is 0 Å². The van der Waals surface area contributed by atoms with Gasteiger partial charge in [0.25, 0.3) is 0 Å². The molecule has 51 heavy (non-hydrogen) atoms. The Morgan fingerprint density at radius 3 is 2.67 bits per heavy atom. The molecule has 0 aliphatic carbocycles. The van der Waals surface area contributed by atoms with Crippen LogP contribution >= 0.6 is 0 Å². The number of carbonyl (C=O) groups is 1. The lowest BCUT2D eigenvalue weighted by atomic mass is 9.96. The summed E-state index contributed by atoms with van der Waals surface area (Å²) in [5.41, 5.74) is 5.48. The molecule has 2 unspecified atom stereocenters. The molecule has 2 heterocycles. The number of fused-ring (bicyclic) bond motifs is 9. The number of ketones is 1. The summed E-state index contributed by atoms with van der Waals surface area (Å²) < 4.78 is 17.8. The average Bonchev–Trinajstić information content (AvgIpc) is 3.13. The number of carbonyl (C=O) groups excluding carboxylic acids is 1. The van der Waals surface area contributed by atoms with Gasteiger partial charge in [0.05, 0.1) is 19.8 Å². The Morgan fingerprint density at radius 2 is 1.84 bits per heavy atom. The molecule has 2 atom stereocenters. The smallest absolute Gasteiger partial charge is 0.161 e. The van der Waals surface area contributed by atoms with Gasteiger partial charge < -0.3 is 34.8 Å². The van der Waals surface area contributed by atoms with E-state index in [4.69, 9.17) is 14.2 Å². The highest BCUT2D eigenvalue weighted by Gasteiger charge is 2.17. The van der Waals surface area contributed by atoms with Gasteiger partial charge in [0.15, 0.2) is 11.5 Å². The predicted molar refractivity (Wildman–Crippen MR) is 201 cm³/mol. The fraction of sp³-hybridized carbons (Fsp3) is 0.419. The van der Waals surface area contributed by atoms with E-state index in [1.165, 1.54) is 5.56 Å². The Morgan fingerprint density at radius 1 is 1.00 bits per heavy atom. The van der Waals surface area contributed by atoms with Crippen molar-refractivity contribution in [1.29, 1.82) is 0 Å². The lowest BCUT2D eigenvalue weighted by molar-refractivity contribution is -0.121.